The van der Waals surface area contributed by atoms with E-state index in [0.29, 0.717) is 16.6 Å². The highest BCUT2D eigenvalue weighted by molar-refractivity contribution is 6.42. The van der Waals surface area contributed by atoms with Crippen molar-refractivity contribution < 1.29 is 4.79 Å². The van der Waals surface area contributed by atoms with Crippen LogP contribution in [-0.4, -0.2) is 40.0 Å². The van der Waals surface area contributed by atoms with Crippen LogP contribution in [0.2, 0.25) is 10.0 Å². The average molecular weight is 395 g/mol. The van der Waals surface area contributed by atoms with Crippen molar-refractivity contribution in [2.24, 2.45) is 5.92 Å². The summed E-state index contributed by atoms with van der Waals surface area (Å²) in [6.45, 7) is 4.15. The molecule has 5 nitrogen and oxygen atoms in total. The maximum absolute atomic E-state index is 12.5. The van der Waals surface area contributed by atoms with Gasteiger partial charge in [-0.15, -0.1) is 0 Å². The van der Waals surface area contributed by atoms with Gasteiger partial charge in [-0.2, -0.15) is 0 Å². The molecule has 1 N–H and O–H groups in total. The lowest BCUT2D eigenvalue weighted by molar-refractivity contribution is -0.126. The number of likely N-dealkylation sites (tertiary alicyclic amines) is 1. The fraction of sp³-hybridized carbons (Fsp3) is 0.474. The monoisotopic (exact) mass is 394 g/mol. The van der Waals surface area contributed by atoms with Crippen molar-refractivity contribution in [3.05, 3.63) is 52.5 Å². The Balaban J connectivity index is 1.43. The van der Waals surface area contributed by atoms with Crippen molar-refractivity contribution in [3.8, 4) is 0 Å². The smallest absolute Gasteiger partial charge is 0.224 e. The quantitative estimate of drug-likeness (QED) is 0.729. The highest BCUT2D eigenvalue weighted by Gasteiger charge is 2.25. The average Bonchev–Trinajstić information content (AvgIpc) is 3.15. The first-order valence-electron chi connectivity index (χ1n) is 9.01. The van der Waals surface area contributed by atoms with E-state index < -0.39 is 0 Å². The fourth-order valence-corrected chi connectivity index (χ4v) is 3.67. The van der Waals surface area contributed by atoms with E-state index in [9.17, 15) is 4.79 Å². The zero-order valence-corrected chi connectivity index (χ0v) is 16.2. The molecule has 1 saturated heterocycles. The summed E-state index contributed by atoms with van der Waals surface area (Å²) in [6.07, 6.45) is 8.39. The largest absolute Gasteiger partial charge is 0.356 e. The number of carbonyl (C=O) groups is 1. The van der Waals surface area contributed by atoms with Gasteiger partial charge in [0.25, 0.3) is 0 Å². The van der Waals surface area contributed by atoms with Gasteiger partial charge in [0.1, 0.15) is 0 Å². The van der Waals surface area contributed by atoms with Gasteiger partial charge < -0.3 is 9.88 Å². The second-order valence-corrected chi connectivity index (χ2v) is 7.58. The molecule has 1 aliphatic heterocycles. The number of piperidine rings is 1. The van der Waals surface area contributed by atoms with Gasteiger partial charge in [0.2, 0.25) is 5.91 Å². The SMILES string of the molecule is O=C(NCCCn1ccnc1)C1CCCN(Cc2ccc(Cl)c(Cl)c2)C1. The van der Waals surface area contributed by atoms with Gasteiger partial charge in [-0.3, -0.25) is 9.69 Å². The molecule has 1 amide bonds. The van der Waals surface area contributed by atoms with E-state index >= 15 is 0 Å². The first-order chi connectivity index (χ1) is 12.6. The fourth-order valence-electron chi connectivity index (χ4n) is 3.35. The van der Waals surface area contributed by atoms with Gasteiger partial charge in [-0.25, -0.2) is 4.98 Å². The zero-order chi connectivity index (χ0) is 18.4. The summed E-state index contributed by atoms with van der Waals surface area (Å²) in [5.41, 5.74) is 1.13. The van der Waals surface area contributed by atoms with Gasteiger partial charge in [0.05, 0.1) is 22.3 Å². The maximum atomic E-state index is 12.5. The number of aromatic nitrogens is 2. The molecule has 0 radical (unpaired) electrons. The van der Waals surface area contributed by atoms with E-state index in [4.69, 9.17) is 23.2 Å². The number of nitrogens with one attached hydrogen (secondary N) is 1. The van der Waals surface area contributed by atoms with Crippen LogP contribution in [0.4, 0.5) is 0 Å². The number of carbonyl (C=O) groups excluding carboxylic acids is 1. The minimum Gasteiger partial charge on any atom is -0.356 e. The number of hydrogen-bond acceptors (Lipinski definition) is 3. The van der Waals surface area contributed by atoms with Crippen molar-refractivity contribution in [2.75, 3.05) is 19.6 Å². The van der Waals surface area contributed by atoms with Crippen molar-refractivity contribution in [1.82, 2.24) is 19.8 Å². The third-order valence-electron chi connectivity index (χ3n) is 4.72. The Morgan fingerprint density at radius 1 is 1.31 bits per heavy atom. The lowest BCUT2D eigenvalue weighted by atomic mass is 9.96. The van der Waals surface area contributed by atoms with Crippen LogP contribution < -0.4 is 5.32 Å². The van der Waals surface area contributed by atoms with Crippen LogP contribution in [0.3, 0.4) is 0 Å². The Morgan fingerprint density at radius 2 is 2.19 bits per heavy atom. The third-order valence-corrected chi connectivity index (χ3v) is 5.46. The molecule has 3 rings (SSSR count). The van der Waals surface area contributed by atoms with Crippen molar-refractivity contribution in [2.45, 2.75) is 32.4 Å². The molecule has 1 fully saturated rings. The molecule has 0 spiro atoms. The molecule has 2 aromatic rings. The van der Waals surface area contributed by atoms with E-state index in [2.05, 4.69) is 15.2 Å². The first-order valence-corrected chi connectivity index (χ1v) is 9.77. The van der Waals surface area contributed by atoms with Crippen LogP contribution in [0.25, 0.3) is 0 Å². The van der Waals surface area contributed by atoms with Gasteiger partial charge in [0, 0.05) is 38.6 Å². The highest BCUT2D eigenvalue weighted by Crippen LogP contribution is 2.24. The Kier molecular flexibility index (Phi) is 6.94. The molecule has 0 bridgehead atoms. The predicted molar refractivity (Wildman–Crippen MR) is 104 cm³/mol. The number of nitrogens with zero attached hydrogens (tertiary/aromatic N) is 3. The Bertz CT molecular complexity index is 720. The van der Waals surface area contributed by atoms with E-state index in [1.165, 1.54) is 0 Å². The summed E-state index contributed by atoms with van der Waals surface area (Å²) in [5.74, 6) is 0.217. The van der Waals surface area contributed by atoms with E-state index in [-0.39, 0.29) is 11.8 Å². The van der Waals surface area contributed by atoms with Crippen LogP contribution in [0.5, 0.6) is 0 Å². The minimum absolute atomic E-state index is 0.0553. The molecule has 1 atom stereocenters. The second kappa shape index (κ2) is 9.40. The van der Waals surface area contributed by atoms with Crippen LogP contribution in [0.15, 0.2) is 36.9 Å². The molecule has 1 aliphatic rings. The van der Waals surface area contributed by atoms with E-state index in [1.54, 1.807) is 12.5 Å². The van der Waals surface area contributed by atoms with Crippen LogP contribution >= 0.6 is 23.2 Å². The van der Waals surface area contributed by atoms with Crippen LogP contribution in [-0.2, 0) is 17.9 Å². The molecular formula is C19H24Cl2N4O. The molecule has 1 unspecified atom stereocenters. The number of hydrogen-bond donors (Lipinski definition) is 1. The molecule has 7 heteroatoms. The summed E-state index contributed by atoms with van der Waals surface area (Å²) in [4.78, 5) is 18.8. The zero-order valence-electron chi connectivity index (χ0n) is 14.7. The summed E-state index contributed by atoms with van der Waals surface area (Å²) >= 11 is 12.1. The highest BCUT2D eigenvalue weighted by atomic mass is 35.5. The predicted octanol–water partition coefficient (Wildman–Crippen LogP) is 3.61. The number of halogens is 2. The lowest BCUT2D eigenvalue weighted by Crippen LogP contribution is -2.43. The Morgan fingerprint density at radius 3 is 2.96 bits per heavy atom. The van der Waals surface area contributed by atoms with Gasteiger partial charge in [-0.1, -0.05) is 29.3 Å². The van der Waals surface area contributed by atoms with Crippen molar-refractivity contribution >= 4 is 29.1 Å². The molecule has 26 heavy (non-hydrogen) atoms. The van der Waals surface area contributed by atoms with E-state index in [0.717, 1.165) is 51.0 Å². The summed E-state index contributed by atoms with van der Waals surface area (Å²) in [7, 11) is 0. The number of aryl methyl sites for hydroxylation is 1. The minimum atomic E-state index is 0.0553. The summed E-state index contributed by atoms with van der Waals surface area (Å²) in [6, 6.07) is 5.73. The molecule has 2 heterocycles. The molecule has 140 valence electrons. The number of rotatable bonds is 7. The topological polar surface area (TPSA) is 50.2 Å². The molecule has 1 aromatic heterocycles. The van der Waals surface area contributed by atoms with Gasteiger partial charge in [0.15, 0.2) is 0 Å². The number of amides is 1. The van der Waals surface area contributed by atoms with Crippen molar-refractivity contribution in [1.29, 1.82) is 0 Å². The van der Waals surface area contributed by atoms with E-state index in [1.807, 2.05) is 29.0 Å². The maximum Gasteiger partial charge on any atom is 0.224 e. The van der Waals surface area contributed by atoms with Crippen LogP contribution in [0.1, 0.15) is 24.8 Å². The molecule has 0 saturated carbocycles. The normalized spacial score (nSPS) is 18.0. The van der Waals surface area contributed by atoms with Crippen molar-refractivity contribution in [3.63, 3.8) is 0 Å². The Labute approximate surface area is 164 Å². The summed E-state index contributed by atoms with van der Waals surface area (Å²) in [5, 5.41) is 4.23. The first kappa shape index (κ1) is 19.2. The lowest BCUT2D eigenvalue weighted by Gasteiger charge is -2.32. The third kappa shape index (κ3) is 5.47. The van der Waals surface area contributed by atoms with Crippen LogP contribution in [0, 0.1) is 5.92 Å². The second-order valence-electron chi connectivity index (χ2n) is 6.77. The molecule has 0 aliphatic carbocycles. The number of benzene rings is 1. The standard InChI is InChI=1S/C19H24Cl2N4O/c20-17-5-4-15(11-18(17)21)12-25-8-1-3-16(13-25)19(26)23-6-2-9-24-10-7-22-14-24/h4-5,7,10-11,14,16H,1-3,6,8-9,12-13H2,(H,23,26). The Hall–Kier alpha value is -1.56. The molecule has 1 aromatic carbocycles. The summed E-state index contributed by atoms with van der Waals surface area (Å²) < 4.78 is 2.02. The van der Waals surface area contributed by atoms with Gasteiger partial charge >= 0.3 is 0 Å². The molecular weight excluding hydrogens is 371 g/mol. The number of imidazole rings is 1. The van der Waals surface area contributed by atoms with Gasteiger partial charge in [-0.05, 0) is 43.5 Å².